The van der Waals surface area contributed by atoms with E-state index in [9.17, 15) is 32.0 Å². The fraction of sp³-hybridized carbons (Fsp3) is 0.241. The molecular formula is C29H26FN3O8S2. The van der Waals surface area contributed by atoms with E-state index in [1.54, 1.807) is 19.1 Å². The van der Waals surface area contributed by atoms with E-state index in [1.807, 2.05) is 0 Å². The summed E-state index contributed by atoms with van der Waals surface area (Å²) in [5.74, 6) is -2.64. The van der Waals surface area contributed by atoms with E-state index in [0.717, 1.165) is 32.7 Å². The molecule has 2 heterocycles. The van der Waals surface area contributed by atoms with Gasteiger partial charge in [-0.3, -0.25) is 28.0 Å². The van der Waals surface area contributed by atoms with Gasteiger partial charge in [0.15, 0.2) is 11.5 Å². The van der Waals surface area contributed by atoms with Crippen LogP contribution in [0.5, 0.6) is 11.5 Å². The molecule has 0 fully saturated rings. The maximum atomic E-state index is 13.8. The smallest absolute Gasteiger partial charge is 0.269 e. The van der Waals surface area contributed by atoms with Gasteiger partial charge in [-0.15, -0.1) is 0 Å². The van der Waals surface area contributed by atoms with Gasteiger partial charge in [-0.2, -0.15) is 0 Å². The molecule has 0 aliphatic carbocycles. The van der Waals surface area contributed by atoms with Gasteiger partial charge < -0.3 is 14.8 Å². The summed E-state index contributed by atoms with van der Waals surface area (Å²) in [5.41, 5.74) is -0.320. The molecular weight excluding hydrogens is 601 g/mol. The molecule has 0 bridgehead atoms. The van der Waals surface area contributed by atoms with Crippen LogP contribution in [-0.4, -0.2) is 60.7 Å². The van der Waals surface area contributed by atoms with Crippen molar-refractivity contribution in [3.63, 3.8) is 0 Å². The number of imide groups is 1. The Labute approximate surface area is 249 Å². The molecule has 0 saturated carbocycles. The van der Waals surface area contributed by atoms with Gasteiger partial charge in [-0.05, 0) is 55.0 Å². The van der Waals surface area contributed by atoms with Crippen LogP contribution in [0.15, 0.2) is 59.4 Å². The third-order valence-corrected chi connectivity index (χ3v) is 8.75. The zero-order valence-electron chi connectivity index (χ0n) is 23.2. The van der Waals surface area contributed by atoms with Crippen molar-refractivity contribution in [1.29, 1.82) is 0 Å². The first-order valence-corrected chi connectivity index (χ1v) is 15.8. The van der Waals surface area contributed by atoms with Gasteiger partial charge in [0.05, 0.1) is 52.4 Å². The first kappa shape index (κ1) is 29.9. The largest absolute Gasteiger partial charge is 0.493 e. The third kappa shape index (κ3) is 5.88. The van der Waals surface area contributed by atoms with Crippen molar-refractivity contribution < 1.29 is 36.7 Å². The molecule has 1 N–H and O–H groups in total. The van der Waals surface area contributed by atoms with Crippen molar-refractivity contribution in [3.8, 4) is 11.5 Å². The minimum atomic E-state index is -3.71. The highest BCUT2D eigenvalue weighted by Crippen LogP contribution is 2.38. The number of carbonyl (C=O) groups is 3. The van der Waals surface area contributed by atoms with Crippen molar-refractivity contribution in [2.24, 2.45) is 0 Å². The Morgan fingerprint density at radius 1 is 1.05 bits per heavy atom. The molecule has 3 aromatic carbocycles. The second-order valence-electron chi connectivity index (χ2n) is 9.78. The van der Waals surface area contributed by atoms with Crippen LogP contribution in [-0.2, 0) is 21.2 Å². The quantitative estimate of drug-likeness (QED) is 0.263. The fourth-order valence-electron chi connectivity index (χ4n) is 4.93. The molecule has 224 valence electrons. The van der Waals surface area contributed by atoms with Gasteiger partial charge in [0.1, 0.15) is 22.2 Å². The topological polar surface area (TPSA) is 141 Å². The average Bonchev–Trinajstić information content (AvgIpc) is 3.39. The number of ether oxygens (including phenoxy) is 2. The molecule has 43 heavy (non-hydrogen) atoms. The lowest BCUT2D eigenvalue weighted by Crippen LogP contribution is -2.37. The van der Waals surface area contributed by atoms with Crippen LogP contribution in [0, 0.1) is 5.82 Å². The minimum Gasteiger partial charge on any atom is -0.493 e. The average molecular weight is 628 g/mol. The predicted octanol–water partition coefficient (Wildman–Crippen LogP) is 3.63. The van der Waals surface area contributed by atoms with Crippen LogP contribution in [0.25, 0.3) is 10.1 Å². The number of rotatable bonds is 10. The second-order valence-corrected chi connectivity index (χ2v) is 13.0. The lowest BCUT2D eigenvalue weighted by atomic mass is 10.1. The zero-order valence-corrected chi connectivity index (χ0v) is 24.9. The molecule has 1 aliphatic rings. The van der Waals surface area contributed by atoms with E-state index in [0.29, 0.717) is 21.8 Å². The Morgan fingerprint density at radius 3 is 2.51 bits per heavy atom. The van der Waals surface area contributed by atoms with Gasteiger partial charge in [0, 0.05) is 6.26 Å². The van der Waals surface area contributed by atoms with Gasteiger partial charge in [-0.1, -0.05) is 23.7 Å². The Morgan fingerprint density at radius 2 is 1.81 bits per heavy atom. The number of carbonyl (C=O) groups excluding carboxylic acids is 3. The van der Waals surface area contributed by atoms with Crippen LogP contribution in [0.2, 0.25) is 0 Å². The second kappa shape index (κ2) is 11.6. The standard InChI is InChI=1S/C29H26FN3O8S2/c1-4-41-23-12-16(8-10-22(23)40-2)21(15-43(3,38)39)33-28(36)18-6-5-7-20(26(18)29(33)37)31-25(34)14-32-27(35)19-13-17(30)9-11-24(19)42-32/h5-13,21H,4,14-15H2,1-3H3,(H,31,34)/t21-/m1/s1. The minimum absolute atomic E-state index is 0.0191. The summed E-state index contributed by atoms with van der Waals surface area (Å²) in [7, 11) is -2.26. The summed E-state index contributed by atoms with van der Waals surface area (Å²) in [6.45, 7) is 1.63. The van der Waals surface area contributed by atoms with Crippen molar-refractivity contribution in [3.05, 3.63) is 87.5 Å². The van der Waals surface area contributed by atoms with Crippen LogP contribution in [0.3, 0.4) is 0 Å². The number of aromatic nitrogens is 1. The van der Waals surface area contributed by atoms with Crippen molar-refractivity contribution in [2.75, 3.05) is 31.0 Å². The highest BCUT2D eigenvalue weighted by molar-refractivity contribution is 7.90. The molecule has 0 unspecified atom stereocenters. The van der Waals surface area contributed by atoms with Crippen molar-refractivity contribution in [2.45, 2.75) is 19.5 Å². The van der Waals surface area contributed by atoms with Gasteiger partial charge >= 0.3 is 0 Å². The number of fused-ring (bicyclic) bond motifs is 2. The summed E-state index contributed by atoms with van der Waals surface area (Å²) in [6.07, 6.45) is 1.00. The predicted molar refractivity (Wildman–Crippen MR) is 158 cm³/mol. The molecule has 5 rings (SSSR count). The number of halogens is 1. The first-order chi connectivity index (χ1) is 20.4. The van der Waals surface area contributed by atoms with Gasteiger partial charge in [0.25, 0.3) is 17.4 Å². The highest BCUT2D eigenvalue weighted by atomic mass is 32.2. The highest BCUT2D eigenvalue weighted by Gasteiger charge is 2.43. The first-order valence-electron chi connectivity index (χ1n) is 13.0. The summed E-state index contributed by atoms with van der Waals surface area (Å²) < 4.78 is 51.2. The summed E-state index contributed by atoms with van der Waals surface area (Å²) >= 11 is 0.983. The molecule has 1 aliphatic heterocycles. The summed E-state index contributed by atoms with van der Waals surface area (Å²) in [6, 6.07) is 11.5. The van der Waals surface area contributed by atoms with E-state index in [1.165, 1.54) is 43.5 Å². The van der Waals surface area contributed by atoms with Crippen molar-refractivity contribution in [1.82, 2.24) is 8.86 Å². The Kier molecular flexibility index (Phi) is 8.08. The third-order valence-electron chi connectivity index (χ3n) is 6.76. The van der Waals surface area contributed by atoms with Crippen molar-refractivity contribution >= 4 is 54.9 Å². The summed E-state index contributed by atoms with van der Waals surface area (Å²) in [4.78, 5) is 54.0. The number of hydrogen-bond donors (Lipinski definition) is 1. The SMILES string of the molecule is CCOc1cc([C@@H](CS(C)(=O)=O)N2C(=O)c3cccc(NC(=O)Cn4sc5ccc(F)cc5c4=O)c3C2=O)ccc1OC. The molecule has 0 saturated heterocycles. The van der Waals surface area contributed by atoms with E-state index < -0.39 is 57.3 Å². The van der Waals surface area contributed by atoms with E-state index in [2.05, 4.69) is 5.32 Å². The van der Waals surface area contributed by atoms with Gasteiger partial charge in [-0.25, -0.2) is 12.8 Å². The molecule has 11 nitrogen and oxygen atoms in total. The number of nitrogens with zero attached hydrogens (tertiary/aromatic N) is 2. The van der Waals surface area contributed by atoms with Crippen LogP contribution < -0.4 is 20.3 Å². The number of anilines is 1. The molecule has 1 aromatic heterocycles. The number of nitrogens with one attached hydrogen (secondary N) is 1. The molecule has 0 radical (unpaired) electrons. The van der Waals surface area contributed by atoms with E-state index >= 15 is 0 Å². The van der Waals surface area contributed by atoms with Crippen LogP contribution in [0.4, 0.5) is 10.1 Å². The lowest BCUT2D eigenvalue weighted by Gasteiger charge is -2.27. The number of hydrogen-bond acceptors (Lipinski definition) is 9. The van der Waals surface area contributed by atoms with Crippen LogP contribution >= 0.6 is 11.5 Å². The molecule has 4 aromatic rings. The molecule has 3 amide bonds. The van der Waals surface area contributed by atoms with E-state index in [4.69, 9.17) is 9.47 Å². The fourth-order valence-corrected chi connectivity index (χ4v) is 6.82. The van der Waals surface area contributed by atoms with Gasteiger partial charge in [0.2, 0.25) is 5.91 Å². The number of methoxy groups -OCH3 is 1. The zero-order chi connectivity index (χ0) is 31.1. The number of sulfone groups is 1. The molecule has 14 heteroatoms. The summed E-state index contributed by atoms with van der Waals surface area (Å²) in [5, 5.41) is 2.73. The van der Waals surface area contributed by atoms with Crippen LogP contribution in [0.1, 0.15) is 39.2 Å². The molecule has 0 spiro atoms. The monoisotopic (exact) mass is 627 g/mol. The Hall–Kier alpha value is -4.56. The van der Waals surface area contributed by atoms with E-state index in [-0.39, 0.29) is 28.8 Å². The normalized spacial score (nSPS) is 13.7. The molecule has 1 atom stereocenters. The number of benzene rings is 3. The maximum absolute atomic E-state index is 13.8. The Bertz CT molecular complexity index is 1950. The Balaban J connectivity index is 1.47. The maximum Gasteiger partial charge on any atom is 0.269 e. The lowest BCUT2D eigenvalue weighted by molar-refractivity contribution is -0.116. The number of amides is 3.